The van der Waals surface area contributed by atoms with E-state index in [2.05, 4.69) is 89.3 Å². The Kier molecular flexibility index (Phi) is 4.86. The predicted molar refractivity (Wildman–Crippen MR) is 126 cm³/mol. The van der Waals surface area contributed by atoms with Crippen molar-refractivity contribution in [3.05, 3.63) is 93.2 Å². The van der Waals surface area contributed by atoms with Gasteiger partial charge in [0.05, 0.1) is 0 Å². The van der Waals surface area contributed by atoms with E-state index in [9.17, 15) is 0 Å². The van der Waals surface area contributed by atoms with Crippen LogP contribution in [0, 0.1) is 27.7 Å². The summed E-state index contributed by atoms with van der Waals surface area (Å²) >= 11 is 0. The first-order chi connectivity index (χ1) is 13.7. The average Bonchev–Trinajstić information content (AvgIpc) is 2.80. The van der Waals surface area contributed by atoms with Crippen molar-refractivity contribution in [2.75, 3.05) is 0 Å². The highest BCUT2D eigenvalue weighted by Gasteiger charge is 2.35. The van der Waals surface area contributed by atoms with E-state index in [1.807, 2.05) is 6.07 Å². The van der Waals surface area contributed by atoms with Crippen LogP contribution in [0.1, 0.15) is 33.4 Å². The van der Waals surface area contributed by atoms with E-state index in [-0.39, 0.29) is 5.83 Å². The van der Waals surface area contributed by atoms with Crippen LogP contribution in [0.5, 0.6) is 0 Å². The number of rotatable bonds is 2. The number of fused-ring (bicyclic) bond motifs is 3. The Bertz CT molecular complexity index is 1140. The predicted octanol–water partition coefficient (Wildman–Crippen LogP) is 6.98. The van der Waals surface area contributed by atoms with Gasteiger partial charge in [0.2, 0.25) is 0 Å². The molecule has 0 saturated heterocycles. The van der Waals surface area contributed by atoms with E-state index in [0.717, 1.165) is 21.9 Å². The Balaban J connectivity index is 2.05. The molecular formula is C27H29FSi. The number of hydrogen-bond acceptors (Lipinski definition) is 0. The third kappa shape index (κ3) is 3.30. The van der Waals surface area contributed by atoms with E-state index >= 15 is 4.39 Å². The number of benzene rings is 3. The maximum atomic E-state index is 16.3. The first-order valence-electron chi connectivity index (χ1n) is 10.4. The molecule has 0 saturated carbocycles. The van der Waals surface area contributed by atoms with Gasteiger partial charge in [-0.25, -0.2) is 4.39 Å². The molecule has 0 heterocycles. The maximum absolute atomic E-state index is 16.3. The van der Waals surface area contributed by atoms with Crippen LogP contribution in [-0.2, 0) is 6.42 Å². The van der Waals surface area contributed by atoms with Crippen molar-refractivity contribution in [1.82, 2.24) is 0 Å². The summed E-state index contributed by atoms with van der Waals surface area (Å²) in [5, 5.41) is 2.28. The Morgan fingerprint density at radius 3 is 1.83 bits per heavy atom. The standard InChI is InChI=1S/C27H29FSi/c1-17-12-21-16-26(29(5,6)22-10-8-7-9-11-22)27(28)25-15-20(4)19(3)14-24(25)23(21)13-18(17)2/h7-15H,16H2,1-6H3. The van der Waals surface area contributed by atoms with Crippen LogP contribution in [0.4, 0.5) is 4.39 Å². The lowest BCUT2D eigenvalue weighted by molar-refractivity contribution is 0.753. The van der Waals surface area contributed by atoms with Crippen molar-refractivity contribution in [3.63, 3.8) is 0 Å². The molecule has 29 heavy (non-hydrogen) atoms. The van der Waals surface area contributed by atoms with Gasteiger partial charge in [-0.15, -0.1) is 0 Å². The Morgan fingerprint density at radius 2 is 1.21 bits per heavy atom. The van der Waals surface area contributed by atoms with Crippen LogP contribution in [0.2, 0.25) is 13.1 Å². The van der Waals surface area contributed by atoms with Gasteiger partial charge in [0.1, 0.15) is 13.9 Å². The quantitative estimate of drug-likeness (QED) is 0.407. The molecule has 0 aliphatic heterocycles. The molecule has 148 valence electrons. The molecule has 0 spiro atoms. The molecule has 0 aromatic heterocycles. The van der Waals surface area contributed by atoms with E-state index < -0.39 is 8.07 Å². The lowest BCUT2D eigenvalue weighted by atomic mass is 9.90. The summed E-state index contributed by atoms with van der Waals surface area (Å²) in [6.45, 7) is 13.1. The number of allylic oxidation sites excluding steroid dienone is 1. The lowest BCUT2D eigenvalue weighted by Crippen LogP contribution is -2.44. The molecule has 4 rings (SSSR count). The summed E-state index contributed by atoms with van der Waals surface area (Å²) in [6.07, 6.45) is 0.684. The monoisotopic (exact) mass is 400 g/mol. The summed E-state index contributed by atoms with van der Waals surface area (Å²) in [5.41, 5.74) is 9.13. The Morgan fingerprint density at radius 1 is 0.690 bits per heavy atom. The van der Waals surface area contributed by atoms with Crippen molar-refractivity contribution in [1.29, 1.82) is 0 Å². The van der Waals surface area contributed by atoms with Crippen LogP contribution in [0.3, 0.4) is 0 Å². The summed E-state index contributed by atoms with van der Waals surface area (Å²) in [4.78, 5) is 0. The van der Waals surface area contributed by atoms with E-state index in [1.165, 1.54) is 33.0 Å². The van der Waals surface area contributed by atoms with E-state index in [1.54, 1.807) is 0 Å². The fourth-order valence-corrected chi connectivity index (χ4v) is 7.14. The van der Waals surface area contributed by atoms with Crippen LogP contribution >= 0.6 is 0 Å². The number of hydrogen-bond donors (Lipinski definition) is 0. The third-order valence-corrected chi connectivity index (χ3v) is 10.4. The van der Waals surface area contributed by atoms with Crippen molar-refractivity contribution >= 4 is 19.1 Å². The highest BCUT2D eigenvalue weighted by atomic mass is 28.3. The summed E-state index contributed by atoms with van der Waals surface area (Å²) in [7, 11) is -2.17. The van der Waals surface area contributed by atoms with E-state index in [0.29, 0.717) is 6.42 Å². The molecule has 2 heteroatoms. The van der Waals surface area contributed by atoms with Crippen molar-refractivity contribution in [2.45, 2.75) is 47.2 Å². The van der Waals surface area contributed by atoms with Gasteiger partial charge >= 0.3 is 0 Å². The van der Waals surface area contributed by atoms with E-state index in [4.69, 9.17) is 0 Å². The van der Waals surface area contributed by atoms with Crippen molar-refractivity contribution in [2.24, 2.45) is 0 Å². The molecule has 1 aliphatic rings. The normalized spacial score (nSPS) is 13.8. The highest BCUT2D eigenvalue weighted by Crippen LogP contribution is 2.43. The molecule has 0 bridgehead atoms. The zero-order chi connectivity index (χ0) is 20.9. The van der Waals surface area contributed by atoms with Gasteiger partial charge in [-0.2, -0.15) is 0 Å². The van der Waals surface area contributed by atoms with Crippen molar-refractivity contribution in [3.8, 4) is 11.1 Å². The Hall–Kier alpha value is -2.45. The van der Waals surface area contributed by atoms with Gasteiger partial charge < -0.3 is 0 Å². The molecule has 3 aromatic rings. The minimum absolute atomic E-state index is 0.00451. The summed E-state index contributed by atoms with van der Waals surface area (Å²) < 4.78 is 16.3. The second-order valence-electron chi connectivity index (χ2n) is 9.04. The molecule has 1 aliphatic carbocycles. The molecule has 0 atom stereocenters. The summed E-state index contributed by atoms with van der Waals surface area (Å²) in [6, 6.07) is 19.3. The maximum Gasteiger partial charge on any atom is 0.127 e. The zero-order valence-corrected chi connectivity index (χ0v) is 19.3. The largest absolute Gasteiger partial charge is 0.207 e. The zero-order valence-electron chi connectivity index (χ0n) is 18.3. The SMILES string of the molecule is Cc1cc2c(cc1C)-c1cc(C)c(C)cc1C(F)=C([Si](C)(C)c1ccccc1)C2. The van der Waals surface area contributed by atoms with Gasteiger partial charge in [-0.05, 0) is 84.3 Å². The van der Waals surface area contributed by atoms with Crippen molar-refractivity contribution < 1.29 is 4.39 Å². The minimum Gasteiger partial charge on any atom is -0.207 e. The Labute approximate surface area is 175 Å². The first-order valence-corrected chi connectivity index (χ1v) is 13.4. The molecule has 0 radical (unpaired) electrons. The molecule has 0 nitrogen and oxygen atoms in total. The van der Waals surface area contributed by atoms with Crippen LogP contribution < -0.4 is 5.19 Å². The molecule has 0 N–H and O–H groups in total. The van der Waals surface area contributed by atoms with Crippen LogP contribution in [0.15, 0.2) is 59.8 Å². The highest BCUT2D eigenvalue weighted by molar-refractivity contribution is 6.96. The fraction of sp³-hybridized carbons (Fsp3) is 0.259. The van der Waals surface area contributed by atoms with Gasteiger partial charge in [-0.1, -0.05) is 66.8 Å². The fourth-order valence-electron chi connectivity index (χ4n) is 4.45. The number of halogens is 1. The van der Waals surface area contributed by atoms with Gasteiger partial charge in [-0.3, -0.25) is 0 Å². The molecular weight excluding hydrogens is 371 g/mol. The third-order valence-electron chi connectivity index (χ3n) is 6.76. The topological polar surface area (TPSA) is 0 Å². The second-order valence-corrected chi connectivity index (χ2v) is 13.5. The molecule has 0 fully saturated rings. The second kappa shape index (κ2) is 7.10. The molecule has 3 aromatic carbocycles. The molecule has 0 unspecified atom stereocenters. The van der Waals surface area contributed by atoms with Crippen LogP contribution in [-0.4, -0.2) is 8.07 Å². The van der Waals surface area contributed by atoms with Gasteiger partial charge in [0.15, 0.2) is 0 Å². The lowest BCUT2D eigenvalue weighted by Gasteiger charge is -2.27. The smallest absolute Gasteiger partial charge is 0.127 e. The van der Waals surface area contributed by atoms with Gasteiger partial charge in [0, 0.05) is 5.56 Å². The first kappa shape index (κ1) is 19.8. The minimum atomic E-state index is -2.17. The van der Waals surface area contributed by atoms with Crippen LogP contribution in [0.25, 0.3) is 17.0 Å². The molecule has 0 amide bonds. The van der Waals surface area contributed by atoms with Gasteiger partial charge in [0.25, 0.3) is 0 Å². The number of aryl methyl sites for hydroxylation is 4. The average molecular weight is 401 g/mol. The summed E-state index contributed by atoms with van der Waals surface area (Å²) in [5.74, 6) is -0.00451.